The molecule has 0 spiro atoms. The van der Waals surface area contributed by atoms with Gasteiger partial charge in [-0.3, -0.25) is 0 Å². The van der Waals surface area contributed by atoms with E-state index in [1.165, 1.54) is 10.4 Å². The van der Waals surface area contributed by atoms with E-state index in [2.05, 4.69) is 15.9 Å². The quantitative estimate of drug-likeness (QED) is 0.749. The van der Waals surface area contributed by atoms with Gasteiger partial charge in [-0.1, -0.05) is 22.0 Å². The van der Waals surface area contributed by atoms with Crippen molar-refractivity contribution < 1.29 is 21.6 Å². The van der Waals surface area contributed by atoms with Crippen LogP contribution in [0.3, 0.4) is 0 Å². The molecule has 0 aromatic heterocycles. The van der Waals surface area contributed by atoms with Crippen LogP contribution in [0.15, 0.2) is 24.3 Å². The summed E-state index contributed by atoms with van der Waals surface area (Å²) in [5.74, 6) is 0. The number of sulfonamides is 1. The number of anilines is 1. The number of rotatable bonds is 3. The van der Waals surface area contributed by atoms with Crippen molar-refractivity contribution in [3.05, 3.63) is 29.8 Å². The Balaban J connectivity index is 2.10. The van der Waals surface area contributed by atoms with Crippen LogP contribution < -0.4 is 4.90 Å². The van der Waals surface area contributed by atoms with Gasteiger partial charge in [-0.2, -0.15) is 17.5 Å². The summed E-state index contributed by atoms with van der Waals surface area (Å²) in [7, 11) is -3.31. The molecule has 1 aliphatic rings. The Morgan fingerprint density at radius 2 is 1.76 bits per heavy atom. The molecule has 9 heteroatoms. The number of hydrogen-bond donors (Lipinski definition) is 0. The van der Waals surface area contributed by atoms with Crippen molar-refractivity contribution in [1.29, 1.82) is 0 Å². The van der Waals surface area contributed by atoms with Crippen LogP contribution in [0.5, 0.6) is 0 Å². The molecule has 0 N–H and O–H groups in total. The van der Waals surface area contributed by atoms with Gasteiger partial charge < -0.3 is 4.90 Å². The summed E-state index contributed by atoms with van der Waals surface area (Å²) in [6, 6.07) is 5.08. The predicted molar refractivity (Wildman–Crippen MR) is 77.9 cm³/mol. The topological polar surface area (TPSA) is 40.6 Å². The summed E-state index contributed by atoms with van der Waals surface area (Å²) in [4.78, 5) is 1.76. The van der Waals surface area contributed by atoms with Crippen molar-refractivity contribution in [2.75, 3.05) is 35.7 Å². The Hall–Kier alpha value is -0.800. The lowest BCUT2D eigenvalue weighted by molar-refractivity contribution is -0.137. The minimum atomic E-state index is -4.38. The molecular weight excluding hydrogens is 373 g/mol. The number of benzene rings is 1. The van der Waals surface area contributed by atoms with Gasteiger partial charge in [0.1, 0.15) is 4.66 Å². The summed E-state index contributed by atoms with van der Waals surface area (Å²) < 4.78 is 62.6. The average Bonchev–Trinajstić information content (AvgIpc) is 2.47. The van der Waals surface area contributed by atoms with Gasteiger partial charge in [-0.25, -0.2) is 8.42 Å². The van der Waals surface area contributed by atoms with Gasteiger partial charge in [0, 0.05) is 31.9 Å². The van der Waals surface area contributed by atoms with E-state index < -0.39 is 21.8 Å². The fourth-order valence-corrected chi connectivity index (χ4v) is 3.90. The van der Waals surface area contributed by atoms with Crippen LogP contribution >= 0.6 is 15.9 Å². The van der Waals surface area contributed by atoms with E-state index in [4.69, 9.17) is 0 Å². The Bertz CT molecular complexity index is 599. The molecule has 1 heterocycles. The second-order valence-corrected chi connectivity index (χ2v) is 7.93. The van der Waals surface area contributed by atoms with Gasteiger partial charge in [0.05, 0.1) is 5.56 Å². The van der Waals surface area contributed by atoms with Gasteiger partial charge in [0.15, 0.2) is 0 Å². The second-order valence-electron chi connectivity index (χ2n) is 4.66. The molecule has 0 bridgehead atoms. The maximum atomic E-state index is 12.7. The Morgan fingerprint density at radius 1 is 1.14 bits per heavy atom. The number of alkyl halides is 4. The predicted octanol–water partition coefficient (Wildman–Crippen LogP) is 2.51. The summed E-state index contributed by atoms with van der Waals surface area (Å²) in [6.07, 6.45) is -4.38. The maximum absolute atomic E-state index is 12.7. The molecule has 0 amide bonds. The molecule has 1 saturated heterocycles. The molecule has 0 unspecified atom stereocenters. The molecule has 1 aromatic carbocycles. The number of hydrogen-bond acceptors (Lipinski definition) is 3. The number of piperazine rings is 1. The molecule has 0 saturated carbocycles. The van der Waals surface area contributed by atoms with Crippen LogP contribution in [-0.4, -0.2) is 43.6 Å². The maximum Gasteiger partial charge on any atom is 0.416 e. The first-order valence-electron chi connectivity index (χ1n) is 6.20. The normalized spacial score (nSPS) is 18.0. The third-order valence-electron chi connectivity index (χ3n) is 3.31. The molecule has 4 nitrogen and oxygen atoms in total. The van der Waals surface area contributed by atoms with Gasteiger partial charge in [-0.05, 0) is 18.2 Å². The zero-order valence-electron chi connectivity index (χ0n) is 11.0. The van der Waals surface area contributed by atoms with E-state index in [1.807, 2.05) is 0 Å². The molecule has 1 aliphatic heterocycles. The van der Waals surface area contributed by atoms with Crippen molar-refractivity contribution in [2.45, 2.75) is 6.18 Å². The SMILES string of the molecule is O=S(=O)(CBr)N1CCN(c2cccc(C(F)(F)F)c2)CC1. The highest BCUT2D eigenvalue weighted by Gasteiger charge is 2.31. The molecular formula is C12H14BrF3N2O2S. The first-order chi connectivity index (χ1) is 9.74. The van der Waals surface area contributed by atoms with Crippen LogP contribution in [0.2, 0.25) is 0 Å². The molecule has 21 heavy (non-hydrogen) atoms. The summed E-state index contributed by atoms with van der Waals surface area (Å²) in [5, 5.41) is 0. The number of halogens is 4. The van der Waals surface area contributed by atoms with E-state index in [1.54, 1.807) is 11.0 Å². The fraction of sp³-hybridized carbons (Fsp3) is 0.500. The Labute approximate surface area is 129 Å². The zero-order chi connectivity index (χ0) is 15.7. The standard InChI is InChI=1S/C12H14BrF3N2O2S/c13-9-21(19,20)18-6-4-17(5-7-18)11-3-1-2-10(8-11)12(14,15)16/h1-3,8H,4-7,9H2. The molecule has 1 aromatic rings. The first-order valence-corrected chi connectivity index (χ1v) is 8.93. The van der Waals surface area contributed by atoms with Crippen molar-refractivity contribution in [3.8, 4) is 0 Å². The minimum Gasteiger partial charge on any atom is -0.369 e. The van der Waals surface area contributed by atoms with Crippen molar-refractivity contribution in [2.24, 2.45) is 0 Å². The van der Waals surface area contributed by atoms with Crippen molar-refractivity contribution >= 4 is 31.6 Å². The van der Waals surface area contributed by atoms with Gasteiger partial charge in [-0.15, -0.1) is 0 Å². The highest BCUT2D eigenvalue weighted by atomic mass is 79.9. The minimum absolute atomic E-state index is 0.149. The van der Waals surface area contributed by atoms with E-state index in [0.29, 0.717) is 18.8 Å². The fourth-order valence-electron chi connectivity index (χ4n) is 2.17. The average molecular weight is 387 g/mol. The largest absolute Gasteiger partial charge is 0.416 e. The Kier molecular flexibility index (Phi) is 4.84. The van der Waals surface area contributed by atoms with Gasteiger partial charge >= 0.3 is 6.18 Å². The first kappa shape index (κ1) is 16.6. The third kappa shape index (κ3) is 3.89. The van der Waals surface area contributed by atoms with Crippen LogP contribution in [0.1, 0.15) is 5.56 Å². The van der Waals surface area contributed by atoms with Crippen LogP contribution in [0, 0.1) is 0 Å². The lowest BCUT2D eigenvalue weighted by Gasteiger charge is -2.35. The van der Waals surface area contributed by atoms with Crippen molar-refractivity contribution in [1.82, 2.24) is 4.31 Å². The molecule has 1 fully saturated rings. The van der Waals surface area contributed by atoms with Crippen LogP contribution in [0.4, 0.5) is 18.9 Å². The summed E-state index contributed by atoms with van der Waals surface area (Å²) >= 11 is 2.93. The molecule has 2 rings (SSSR count). The van der Waals surface area contributed by atoms with Gasteiger partial charge in [0.25, 0.3) is 0 Å². The monoisotopic (exact) mass is 386 g/mol. The smallest absolute Gasteiger partial charge is 0.369 e. The van der Waals surface area contributed by atoms with Crippen LogP contribution in [-0.2, 0) is 16.2 Å². The highest BCUT2D eigenvalue weighted by Crippen LogP contribution is 2.31. The summed E-state index contributed by atoms with van der Waals surface area (Å²) in [6.45, 7) is 1.27. The highest BCUT2D eigenvalue weighted by molar-refractivity contribution is 9.10. The lowest BCUT2D eigenvalue weighted by atomic mass is 10.1. The second kappa shape index (κ2) is 6.13. The van der Waals surface area contributed by atoms with E-state index in [9.17, 15) is 21.6 Å². The van der Waals surface area contributed by atoms with Crippen molar-refractivity contribution in [3.63, 3.8) is 0 Å². The molecule has 0 aliphatic carbocycles. The van der Waals surface area contributed by atoms with Crippen LogP contribution in [0.25, 0.3) is 0 Å². The van der Waals surface area contributed by atoms with E-state index in [0.717, 1.165) is 12.1 Å². The van der Waals surface area contributed by atoms with E-state index >= 15 is 0 Å². The molecule has 0 atom stereocenters. The summed E-state index contributed by atoms with van der Waals surface area (Å²) in [5.41, 5.74) is -0.240. The zero-order valence-corrected chi connectivity index (χ0v) is 13.4. The van der Waals surface area contributed by atoms with E-state index in [-0.39, 0.29) is 17.8 Å². The number of nitrogens with zero attached hydrogens (tertiary/aromatic N) is 2. The third-order valence-corrected chi connectivity index (χ3v) is 6.47. The Morgan fingerprint density at radius 3 is 2.29 bits per heavy atom. The molecule has 118 valence electrons. The lowest BCUT2D eigenvalue weighted by Crippen LogP contribution is -2.49. The van der Waals surface area contributed by atoms with Gasteiger partial charge in [0.2, 0.25) is 10.0 Å². The molecule has 0 radical (unpaired) electrons.